The van der Waals surface area contributed by atoms with Crippen molar-refractivity contribution in [1.29, 1.82) is 0 Å². The van der Waals surface area contributed by atoms with Crippen LogP contribution in [0.25, 0.3) is 53.9 Å². The summed E-state index contributed by atoms with van der Waals surface area (Å²) in [5.74, 6) is 2.30. The topological polar surface area (TPSA) is 0 Å². The van der Waals surface area contributed by atoms with Gasteiger partial charge in [-0.3, -0.25) is 0 Å². The largest absolute Gasteiger partial charge is 0.152 e. The molecule has 0 saturated carbocycles. The summed E-state index contributed by atoms with van der Waals surface area (Å²) in [6.45, 7) is 0. The molecule has 0 amide bonds. The molecule has 0 bridgehead atoms. The van der Waals surface area contributed by atoms with Gasteiger partial charge in [0.05, 0.1) is 0 Å². The van der Waals surface area contributed by atoms with Crippen LogP contribution in [0.1, 0.15) is 11.1 Å². The quantitative estimate of drug-likeness (QED) is 0.288. The van der Waals surface area contributed by atoms with Crippen LogP contribution < -0.4 is 0 Å². The number of rotatable bonds is 0. The zero-order valence-corrected chi connectivity index (χ0v) is 13.3. The van der Waals surface area contributed by atoms with Gasteiger partial charge in [0.1, 0.15) is 0 Å². The van der Waals surface area contributed by atoms with Gasteiger partial charge in [-0.15, -0.1) is 0 Å². The van der Waals surface area contributed by atoms with Gasteiger partial charge < -0.3 is 0 Å². The average Bonchev–Trinajstić information content (AvgIpc) is 2.96. The lowest BCUT2D eigenvalue weighted by molar-refractivity contribution is 1.36. The van der Waals surface area contributed by atoms with E-state index in [1.54, 1.807) is 10.8 Å². The Kier molecular flexibility index (Phi) is 1.71. The van der Waals surface area contributed by atoms with Crippen molar-refractivity contribution in [3.8, 4) is 0 Å². The highest BCUT2D eigenvalue weighted by molar-refractivity contribution is 7.97. The summed E-state index contributed by atoms with van der Waals surface area (Å²) >= 11 is 2.05. The molecule has 1 heterocycles. The normalized spacial score (nSPS) is 15.3. The van der Waals surface area contributed by atoms with E-state index in [1.807, 2.05) is 11.8 Å². The maximum Gasteiger partial charge on any atom is 0.0194 e. The first kappa shape index (κ1) is 11.3. The molecule has 0 fully saturated rings. The van der Waals surface area contributed by atoms with Crippen molar-refractivity contribution in [2.24, 2.45) is 0 Å². The van der Waals surface area contributed by atoms with Gasteiger partial charge in [-0.1, -0.05) is 36.4 Å². The van der Waals surface area contributed by atoms with Crippen molar-refractivity contribution in [2.75, 3.05) is 0 Å². The Morgan fingerprint density at radius 3 is 1.43 bits per heavy atom. The Labute approximate surface area is 137 Å². The van der Waals surface area contributed by atoms with Gasteiger partial charge in [-0.25, -0.2) is 0 Å². The molecule has 0 unspecified atom stereocenters. The first-order valence-corrected chi connectivity index (χ1v) is 9.33. The molecule has 0 aromatic heterocycles. The van der Waals surface area contributed by atoms with Gasteiger partial charge in [-0.05, 0) is 77.1 Å². The Balaban J connectivity index is 2.04. The van der Waals surface area contributed by atoms with Crippen LogP contribution in [0.5, 0.6) is 0 Å². The van der Waals surface area contributed by atoms with Crippen molar-refractivity contribution >= 4 is 65.6 Å². The van der Waals surface area contributed by atoms with Crippen molar-refractivity contribution in [1.82, 2.24) is 0 Å². The zero-order chi connectivity index (χ0) is 14.7. The highest BCUT2D eigenvalue weighted by atomic mass is 32.2. The SMILES string of the molecule is c1cc2ccc3cc4c5c(cc6ccc1c1c2c3c5c61)CSC4. The average molecular weight is 308 g/mol. The van der Waals surface area contributed by atoms with Crippen LogP contribution in [0.4, 0.5) is 0 Å². The fourth-order valence-corrected chi connectivity index (χ4v) is 5.96. The predicted octanol–water partition coefficient (Wildman–Crippen LogP) is 6.51. The van der Waals surface area contributed by atoms with Crippen molar-refractivity contribution in [3.63, 3.8) is 0 Å². The Morgan fingerprint density at radius 2 is 0.913 bits per heavy atom. The molecule has 1 heteroatoms. The van der Waals surface area contributed by atoms with E-state index in [4.69, 9.17) is 0 Å². The second-order valence-electron chi connectivity index (χ2n) is 6.90. The van der Waals surface area contributed by atoms with Crippen molar-refractivity contribution < 1.29 is 0 Å². The summed E-state index contributed by atoms with van der Waals surface area (Å²) < 4.78 is 0. The standard InChI is InChI=1S/C22H12S/c1-2-12-4-6-14-8-16-10-23-9-15-7-13-5-3-11(1)18-19(12)21(14)22(17(15)16)20(13)18/h1-8H,9-10H2. The van der Waals surface area contributed by atoms with Gasteiger partial charge >= 0.3 is 0 Å². The van der Waals surface area contributed by atoms with E-state index in [2.05, 4.69) is 48.5 Å². The minimum Gasteiger partial charge on any atom is -0.152 e. The minimum atomic E-state index is 1.15. The van der Waals surface area contributed by atoms with Crippen LogP contribution in [0.2, 0.25) is 0 Å². The summed E-state index contributed by atoms with van der Waals surface area (Å²) in [7, 11) is 0. The van der Waals surface area contributed by atoms with Crippen LogP contribution >= 0.6 is 11.8 Å². The van der Waals surface area contributed by atoms with Crippen LogP contribution in [0.3, 0.4) is 0 Å². The highest BCUT2D eigenvalue weighted by Gasteiger charge is 2.24. The molecule has 0 nitrogen and oxygen atoms in total. The molecule has 0 radical (unpaired) electrons. The van der Waals surface area contributed by atoms with E-state index in [0.717, 1.165) is 11.5 Å². The van der Waals surface area contributed by atoms with Crippen LogP contribution in [0, 0.1) is 0 Å². The second-order valence-corrected chi connectivity index (χ2v) is 7.89. The highest BCUT2D eigenvalue weighted by Crippen LogP contribution is 2.51. The zero-order valence-electron chi connectivity index (χ0n) is 12.4. The Morgan fingerprint density at radius 1 is 0.478 bits per heavy atom. The van der Waals surface area contributed by atoms with Crippen LogP contribution in [-0.2, 0) is 11.5 Å². The smallest absolute Gasteiger partial charge is 0.0194 e. The fraction of sp³-hybridized carbons (Fsp3) is 0.0909. The minimum absolute atomic E-state index is 1.15. The van der Waals surface area contributed by atoms with Gasteiger partial charge in [-0.2, -0.15) is 11.8 Å². The summed E-state index contributed by atoms with van der Waals surface area (Å²) in [5, 5.41) is 14.7. The summed E-state index contributed by atoms with van der Waals surface area (Å²) in [6.07, 6.45) is 0. The van der Waals surface area contributed by atoms with E-state index < -0.39 is 0 Å². The van der Waals surface area contributed by atoms with E-state index in [1.165, 1.54) is 54.2 Å². The lowest BCUT2D eigenvalue weighted by Gasteiger charge is -2.19. The van der Waals surface area contributed by atoms with Crippen molar-refractivity contribution in [3.05, 3.63) is 59.7 Å². The third kappa shape index (κ3) is 1.11. The van der Waals surface area contributed by atoms with Crippen LogP contribution in [0.15, 0.2) is 48.5 Å². The second kappa shape index (κ2) is 3.47. The van der Waals surface area contributed by atoms with E-state index in [-0.39, 0.29) is 0 Å². The molecule has 6 aromatic rings. The lowest BCUT2D eigenvalue weighted by atomic mass is 9.92. The summed E-state index contributed by atoms with van der Waals surface area (Å²) in [4.78, 5) is 0. The molecule has 0 N–H and O–H groups in total. The van der Waals surface area contributed by atoms with Gasteiger partial charge in [0.25, 0.3) is 0 Å². The molecule has 0 spiro atoms. The van der Waals surface area contributed by atoms with Gasteiger partial charge in [0.2, 0.25) is 0 Å². The predicted molar refractivity (Wildman–Crippen MR) is 103 cm³/mol. The van der Waals surface area contributed by atoms with E-state index in [9.17, 15) is 0 Å². The molecule has 0 aliphatic carbocycles. The maximum absolute atomic E-state index is 2.45. The number of benzene rings is 5. The molecule has 6 aromatic carbocycles. The molecule has 0 saturated heterocycles. The first-order valence-electron chi connectivity index (χ1n) is 8.17. The maximum atomic E-state index is 2.45. The summed E-state index contributed by atoms with van der Waals surface area (Å²) in [6, 6.07) is 18.7. The first-order chi connectivity index (χ1) is 11.4. The molecule has 0 atom stereocenters. The summed E-state index contributed by atoms with van der Waals surface area (Å²) in [5.41, 5.74) is 3.06. The third-order valence-electron chi connectivity index (χ3n) is 5.80. The molecule has 7 rings (SSSR count). The molecule has 1 aliphatic rings. The Hall–Kier alpha value is -2.25. The fourth-order valence-electron chi connectivity index (χ4n) is 4.97. The van der Waals surface area contributed by atoms with E-state index >= 15 is 0 Å². The number of thioether (sulfide) groups is 1. The lowest BCUT2D eigenvalue weighted by Crippen LogP contribution is -1.97. The van der Waals surface area contributed by atoms with Crippen molar-refractivity contribution in [2.45, 2.75) is 11.5 Å². The van der Waals surface area contributed by atoms with Crippen LogP contribution in [-0.4, -0.2) is 0 Å². The van der Waals surface area contributed by atoms with E-state index in [0.29, 0.717) is 0 Å². The molecular weight excluding hydrogens is 296 g/mol. The van der Waals surface area contributed by atoms with Gasteiger partial charge in [0.15, 0.2) is 0 Å². The third-order valence-corrected chi connectivity index (χ3v) is 6.83. The molecule has 1 aliphatic heterocycles. The molecule has 23 heavy (non-hydrogen) atoms. The molecule has 106 valence electrons. The number of hydrogen-bond donors (Lipinski definition) is 0. The van der Waals surface area contributed by atoms with Gasteiger partial charge in [0, 0.05) is 11.5 Å². The Bertz CT molecular complexity index is 1270. The molecular formula is C22H12S. The monoisotopic (exact) mass is 308 g/mol. The number of hydrogen-bond acceptors (Lipinski definition) is 1.